The summed E-state index contributed by atoms with van der Waals surface area (Å²) >= 11 is 4.81. The molecular weight excluding hydrogens is 275 g/mol. The van der Waals surface area contributed by atoms with Crippen LogP contribution in [0.15, 0.2) is 18.2 Å². The number of ether oxygens (including phenoxy) is 1. The van der Waals surface area contributed by atoms with Crippen molar-refractivity contribution < 1.29 is 9.13 Å². The van der Waals surface area contributed by atoms with Crippen molar-refractivity contribution in [3.05, 3.63) is 29.6 Å². The van der Waals surface area contributed by atoms with E-state index >= 15 is 0 Å². The second-order valence-corrected chi connectivity index (χ2v) is 5.72. The highest BCUT2D eigenvalue weighted by Gasteiger charge is 2.13. The van der Waals surface area contributed by atoms with Crippen LogP contribution in [0.5, 0.6) is 5.75 Å². The highest BCUT2D eigenvalue weighted by atomic mass is 32.1. The van der Waals surface area contributed by atoms with Crippen molar-refractivity contribution in [3.8, 4) is 5.75 Å². The van der Waals surface area contributed by atoms with Crippen molar-refractivity contribution in [2.75, 3.05) is 13.2 Å². The van der Waals surface area contributed by atoms with E-state index in [1.54, 1.807) is 12.1 Å². The average molecular weight is 298 g/mol. The number of nitrogens with zero attached hydrogens (tertiary/aromatic N) is 1. The minimum atomic E-state index is -0.434. The van der Waals surface area contributed by atoms with Crippen LogP contribution in [-0.4, -0.2) is 35.1 Å². The average Bonchev–Trinajstić information content (AvgIpc) is 2.34. The molecule has 0 atom stereocenters. The van der Waals surface area contributed by atoms with Crippen molar-refractivity contribution in [2.45, 2.75) is 39.8 Å². The van der Waals surface area contributed by atoms with E-state index in [1.165, 1.54) is 6.07 Å². The zero-order valence-electron chi connectivity index (χ0n) is 12.5. The minimum absolute atomic E-state index is 0.182. The predicted molar refractivity (Wildman–Crippen MR) is 84.8 cm³/mol. The zero-order valence-corrected chi connectivity index (χ0v) is 13.3. The molecule has 0 saturated heterocycles. The first-order chi connectivity index (χ1) is 9.32. The fourth-order valence-electron chi connectivity index (χ4n) is 2.14. The summed E-state index contributed by atoms with van der Waals surface area (Å²) in [5.41, 5.74) is 5.97. The largest absolute Gasteiger partial charge is 0.489 e. The summed E-state index contributed by atoms with van der Waals surface area (Å²) in [6, 6.07) is 5.41. The quantitative estimate of drug-likeness (QED) is 0.786. The van der Waals surface area contributed by atoms with Gasteiger partial charge in [-0.3, -0.25) is 4.90 Å². The van der Waals surface area contributed by atoms with Crippen molar-refractivity contribution in [2.24, 2.45) is 5.73 Å². The molecule has 0 aliphatic heterocycles. The van der Waals surface area contributed by atoms with Gasteiger partial charge in [0.25, 0.3) is 0 Å². The van der Waals surface area contributed by atoms with Gasteiger partial charge in [0, 0.05) is 24.2 Å². The second kappa shape index (κ2) is 7.55. The summed E-state index contributed by atoms with van der Waals surface area (Å²) in [5, 5.41) is 0. The smallest absolute Gasteiger partial charge is 0.165 e. The fraction of sp³-hybridized carbons (Fsp3) is 0.533. The minimum Gasteiger partial charge on any atom is -0.489 e. The molecule has 1 rings (SSSR count). The van der Waals surface area contributed by atoms with Gasteiger partial charge < -0.3 is 10.5 Å². The lowest BCUT2D eigenvalue weighted by Crippen LogP contribution is -2.39. The predicted octanol–water partition coefficient (Wildman–Crippen LogP) is 2.96. The standard InChI is InChI=1S/C15H23FN2OS/c1-10(2)18(11(3)4)7-8-19-14-6-5-12(15(17)20)9-13(14)16/h5-6,9-11H,7-8H2,1-4H3,(H2,17,20). The van der Waals surface area contributed by atoms with Crippen molar-refractivity contribution in [1.29, 1.82) is 0 Å². The van der Waals surface area contributed by atoms with Crippen LogP contribution >= 0.6 is 12.2 Å². The molecule has 0 fully saturated rings. The van der Waals surface area contributed by atoms with Gasteiger partial charge in [0.1, 0.15) is 11.6 Å². The topological polar surface area (TPSA) is 38.5 Å². The molecule has 2 N–H and O–H groups in total. The molecule has 0 bridgehead atoms. The van der Waals surface area contributed by atoms with E-state index in [0.717, 1.165) is 6.54 Å². The van der Waals surface area contributed by atoms with Gasteiger partial charge in [-0.15, -0.1) is 0 Å². The molecule has 1 aromatic rings. The van der Waals surface area contributed by atoms with E-state index < -0.39 is 5.82 Å². The Labute approximate surface area is 125 Å². The van der Waals surface area contributed by atoms with E-state index in [9.17, 15) is 4.39 Å². The summed E-state index contributed by atoms with van der Waals surface area (Å²) in [6.07, 6.45) is 0. The first kappa shape index (κ1) is 16.9. The number of halogens is 1. The first-order valence-electron chi connectivity index (χ1n) is 6.80. The van der Waals surface area contributed by atoms with E-state index in [1.807, 2.05) is 0 Å². The molecule has 0 aliphatic rings. The third kappa shape index (κ3) is 4.72. The van der Waals surface area contributed by atoms with Gasteiger partial charge in [0.15, 0.2) is 11.6 Å². The van der Waals surface area contributed by atoms with Gasteiger partial charge in [-0.25, -0.2) is 4.39 Å². The van der Waals surface area contributed by atoms with Crippen LogP contribution in [0.4, 0.5) is 4.39 Å². The summed E-state index contributed by atoms with van der Waals surface area (Å²) in [7, 11) is 0. The van der Waals surface area contributed by atoms with Crippen molar-refractivity contribution in [3.63, 3.8) is 0 Å². The number of rotatable bonds is 7. The summed E-state index contributed by atoms with van der Waals surface area (Å²) in [4.78, 5) is 2.47. The third-order valence-corrected chi connectivity index (χ3v) is 3.39. The Morgan fingerprint density at radius 2 is 1.90 bits per heavy atom. The van der Waals surface area contributed by atoms with E-state index in [0.29, 0.717) is 24.3 Å². The Balaban J connectivity index is 2.60. The molecular formula is C15H23FN2OS. The molecule has 0 unspecified atom stereocenters. The number of benzene rings is 1. The van der Waals surface area contributed by atoms with E-state index in [-0.39, 0.29) is 10.7 Å². The van der Waals surface area contributed by atoms with Gasteiger partial charge in [-0.1, -0.05) is 12.2 Å². The maximum Gasteiger partial charge on any atom is 0.165 e. The molecule has 112 valence electrons. The van der Waals surface area contributed by atoms with E-state index in [4.69, 9.17) is 22.7 Å². The maximum absolute atomic E-state index is 13.8. The molecule has 0 aliphatic carbocycles. The van der Waals surface area contributed by atoms with E-state index in [2.05, 4.69) is 32.6 Å². The Kier molecular flexibility index (Phi) is 6.36. The van der Waals surface area contributed by atoms with Crippen LogP contribution in [0.2, 0.25) is 0 Å². The molecule has 0 aromatic heterocycles. The van der Waals surface area contributed by atoms with Crippen LogP contribution in [0.25, 0.3) is 0 Å². The van der Waals surface area contributed by atoms with Gasteiger partial charge in [-0.2, -0.15) is 0 Å². The van der Waals surface area contributed by atoms with Gasteiger partial charge >= 0.3 is 0 Å². The third-order valence-electron chi connectivity index (χ3n) is 3.15. The Hall–Kier alpha value is -1.20. The Bertz CT molecular complexity index is 455. The fourth-order valence-corrected chi connectivity index (χ4v) is 2.27. The summed E-state index contributed by atoms with van der Waals surface area (Å²) in [6.45, 7) is 9.75. The first-order valence-corrected chi connectivity index (χ1v) is 7.21. The molecule has 0 radical (unpaired) electrons. The number of hydrogen-bond donors (Lipinski definition) is 1. The van der Waals surface area contributed by atoms with Crippen LogP contribution in [-0.2, 0) is 0 Å². The van der Waals surface area contributed by atoms with Crippen molar-refractivity contribution >= 4 is 17.2 Å². The molecule has 0 spiro atoms. The van der Waals surface area contributed by atoms with Crippen LogP contribution in [0.1, 0.15) is 33.3 Å². The highest BCUT2D eigenvalue weighted by molar-refractivity contribution is 7.80. The lowest BCUT2D eigenvalue weighted by molar-refractivity contribution is 0.140. The maximum atomic E-state index is 13.8. The second-order valence-electron chi connectivity index (χ2n) is 5.28. The van der Waals surface area contributed by atoms with Crippen LogP contribution in [0.3, 0.4) is 0 Å². The molecule has 0 saturated carbocycles. The van der Waals surface area contributed by atoms with Gasteiger partial charge in [0.2, 0.25) is 0 Å². The lowest BCUT2D eigenvalue weighted by atomic mass is 10.2. The van der Waals surface area contributed by atoms with Crippen LogP contribution < -0.4 is 10.5 Å². The Morgan fingerprint density at radius 1 is 1.30 bits per heavy atom. The Morgan fingerprint density at radius 3 is 2.35 bits per heavy atom. The monoisotopic (exact) mass is 298 g/mol. The highest BCUT2D eigenvalue weighted by Crippen LogP contribution is 2.18. The lowest BCUT2D eigenvalue weighted by Gasteiger charge is -2.30. The summed E-state index contributed by atoms with van der Waals surface area (Å²) in [5.74, 6) is -0.201. The molecule has 5 heteroatoms. The van der Waals surface area contributed by atoms with Crippen molar-refractivity contribution in [1.82, 2.24) is 4.90 Å². The number of thiocarbonyl (C=S) groups is 1. The zero-order chi connectivity index (χ0) is 15.3. The van der Waals surface area contributed by atoms with Gasteiger partial charge in [0.05, 0.1) is 0 Å². The summed E-state index contributed by atoms with van der Waals surface area (Å²) < 4.78 is 19.3. The number of hydrogen-bond acceptors (Lipinski definition) is 3. The van der Waals surface area contributed by atoms with Crippen LogP contribution in [0, 0.1) is 5.82 Å². The normalized spacial score (nSPS) is 11.4. The molecule has 3 nitrogen and oxygen atoms in total. The van der Waals surface area contributed by atoms with Gasteiger partial charge in [-0.05, 0) is 45.9 Å². The molecule has 0 amide bonds. The molecule has 20 heavy (non-hydrogen) atoms. The number of nitrogens with two attached hydrogens (primary N) is 1. The molecule has 0 heterocycles. The SMILES string of the molecule is CC(C)N(CCOc1ccc(C(N)=S)cc1F)C(C)C. The molecule has 1 aromatic carbocycles.